The van der Waals surface area contributed by atoms with Crippen molar-refractivity contribution in [3.05, 3.63) is 52.0 Å². The van der Waals surface area contributed by atoms with Gasteiger partial charge in [0.25, 0.3) is 0 Å². The maximum Gasteiger partial charge on any atom is 0.313 e. The van der Waals surface area contributed by atoms with Crippen molar-refractivity contribution in [1.82, 2.24) is 10.2 Å². The maximum absolute atomic E-state index is 13.2. The molecule has 1 aromatic carbocycles. The molecule has 0 aliphatic carbocycles. The molecule has 24 heavy (non-hydrogen) atoms. The molecule has 2 amide bonds. The van der Waals surface area contributed by atoms with Crippen LogP contribution in [0.3, 0.4) is 0 Å². The lowest BCUT2D eigenvalue weighted by Gasteiger charge is -2.23. The number of hydrogen-bond donors (Lipinski definition) is 2. The lowest BCUT2D eigenvalue weighted by Crippen LogP contribution is -2.40. The normalized spacial score (nSPS) is 12.0. The largest absolute Gasteiger partial charge is 0.346 e. The predicted molar refractivity (Wildman–Crippen MR) is 93.5 cm³/mol. The van der Waals surface area contributed by atoms with Gasteiger partial charge in [-0.2, -0.15) is 11.3 Å². The van der Waals surface area contributed by atoms with Crippen molar-refractivity contribution in [2.24, 2.45) is 0 Å². The first-order chi connectivity index (χ1) is 11.4. The molecule has 0 bridgehead atoms. The summed E-state index contributed by atoms with van der Waals surface area (Å²) in [5.41, 5.74) is 1.87. The number of likely N-dealkylation sites (N-methyl/N-ethyl adjacent to an activating group) is 1. The zero-order valence-electron chi connectivity index (χ0n) is 13.8. The molecule has 7 heteroatoms. The summed E-state index contributed by atoms with van der Waals surface area (Å²) >= 11 is 1.58. The van der Waals surface area contributed by atoms with Crippen LogP contribution in [0.5, 0.6) is 0 Å². The molecule has 0 saturated heterocycles. The monoisotopic (exact) mass is 349 g/mol. The smallest absolute Gasteiger partial charge is 0.313 e. The molecule has 0 fully saturated rings. The van der Waals surface area contributed by atoms with Gasteiger partial charge in [0.2, 0.25) is 0 Å². The van der Waals surface area contributed by atoms with Crippen LogP contribution < -0.4 is 10.6 Å². The van der Waals surface area contributed by atoms with Crippen LogP contribution in [0.1, 0.15) is 17.2 Å². The minimum atomic E-state index is -0.774. The molecule has 2 N–H and O–H groups in total. The van der Waals surface area contributed by atoms with E-state index >= 15 is 0 Å². The molecule has 1 aromatic heterocycles. The van der Waals surface area contributed by atoms with Crippen LogP contribution in [-0.2, 0) is 9.59 Å². The van der Waals surface area contributed by atoms with Crippen LogP contribution in [0, 0.1) is 12.7 Å². The SMILES string of the molecule is Cc1cc(NC(=O)C(=O)NCC(c2ccsc2)N(C)C)ccc1F. The number of aryl methyl sites for hydroxylation is 1. The highest BCUT2D eigenvalue weighted by Crippen LogP contribution is 2.20. The van der Waals surface area contributed by atoms with Gasteiger partial charge < -0.3 is 15.5 Å². The number of anilines is 1. The zero-order chi connectivity index (χ0) is 17.7. The average molecular weight is 349 g/mol. The topological polar surface area (TPSA) is 61.4 Å². The number of thiophene rings is 1. The molecule has 5 nitrogen and oxygen atoms in total. The Morgan fingerprint density at radius 1 is 1.25 bits per heavy atom. The van der Waals surface area contributed by atoms with E-state index < -0.39 is 11.8 Å². The van der Waals surface area contributed by atoms with Crippen molar-refractivity contribution >= 4 is 28.8 Å². The molecule has 0 saturated carbocycles. The summed E-state index contributed by atoms with van der Waals surface area (Å²) in [5, 5.41) is 9.09. The Bertz CT molecular complexity index is 717. The summed E-state index contributed by atoms with van der Waals surface area (Å²) < 4.78 is 13.2. The number of rotatable bonds is 5. The Balaban J connectivity index is 1.93. The quantitative estimate of drug-likeness (QED) is 0.816. The second-order valence-corrected chi connectivity index (χ2v) is 6.44. The average Bonchev–Trinajstić information content (AvgIpc) is 3.04. The van der Waals surface area contributed by atoms with Crippen molar-refractivity contribution in [2.45, 2.75) is 13.0 Å². The summed E-state index contributed by atoms with van der Waals surface area (Å²) in [6, 6.07) is 6.13. The lowest BCUT2D eigenvalue weighted by molar-refractivity contribution is -0.136. The third kappa shape index (κ3) is 4.62. The van der Waals surface area contributed by atoms with Gasteiger partial charge in [-0.05, 0) is 67.2 Å². The van der Waals surface area contributed by atoms with Crippen LogP contribution in [0.15, 0.2) is 35.0 Å². The van der Waals surface area contributed by atoms with E-state index in [-0.39, 0.29) is 11.9 Å². The molecule has 1 atom stereocenters. The minimum Gasteiger partial charge on any atom is -0.346 e. The Morgan fingerprint density at radius 3 is 2.58 bits per heavy atom. The number of amides is 2. The van der Waals surface area contributed by atoms with Crippen LogP contribution in [0.25, 0.3) is 0 Å². The van der Waals surface area contributed by atoms with E-state index in [1.165, 1.54) is 18.2 Å². The van der Waals surface area contributed by atoms with Crippen LogP contribution in [0.2, 0.25) is 0 Å². The summed E-state index contributed by atoms with van der Waals surface area (Å²) in [5.74, 6) is -1.86. The van der Waals surface area contributed by atoms with Crippen molar-refractivity contribution in [3.63, 3.8) is 0 Å². The summed E-state index contributed by atoms with van der Waals surface area (Å²) in [6.45, 7) is 1.91. The second-order valence-electron chi connectivity index (χ2n) is 5.66. The van der Waals surface area contributed by atoms with Crippen molar-refractivity contribution in [2.75, 3.05) is 26.0 Å². The molecule has 0 spiro atoms. The first-order valence-corrected chi connectivity index (χ1v) is 8.36. The second kappa shape index (κ2) is 8.03. The van der Waals surface area contributed by atoms with Crippen molar-refractivity contribution in [1.29, 1.82) is 0 Å². The minimum absolute atomic E-state index is 0.0129. The van der Waals surface area contributed by atoms with E-state index in [0.717, 1.165) is 5.56 Å². The highest BCUT2D eigenvalue weighted by atomic mass is 32.1. The highest BCUT2D eigenvalue weighted by Gasteiger charge is 2.19. The van der Waals surface area contributed by atoms with Crippen LogP contribution in [-0.4, -0.2) is 37.4 Å². The van der Waals surface area contributed by atoms with Gasteiger partial charge in [0.05, 0.1) is 6.04 Å². The van der Waals surface area contributed by atoms with Gasteiger partial charge in [-0.15, -0.1) is 0 Å². The van der Waals surface area contributed by atoms with E-state index in [1.807, 2.05) is 35.8 Å². The Labute approximate surface area is 144 Å². The fourth-order valence-corrected chi connectivity index (χ4v) is 2.95. The molecule has 1 unspecified atom stereocenters. The molecule has 0 aliphatic heterocycles. The van der Waals surface area contributed by atoms with Gasteiger partial charge in [0.1, 0.15) is 5.82 Å². The number of nitrogens with one attached hydrogen (secondary N) is 2. The van der Waals surface area contributed by atoms with Gasteiger partial charge >= 0.3 is 11.8 Å². The molecule has 0 radical (unpaired) electrons. The fraction of sp³-hybridized carbons (Fsp3) is 0.294. The Morgan fingerprint density at radius 2 is 2.00 bits per heavy atom. The molecule has 0 aliphatic rings. The molecule has 2 rings (SSSR count). The van der Waals surface area contributed by atoms with Gasteiger partial charge in [0, 0.05) is 12.2 Å². The molecule has 2 aromatic rings. The van der Waals surface area contributed by atoms with E-state index in [0.29, 0.717) is 17.8 Å². The van der Waals surface area contributed by atoms with E-state index in [4.69, 9.17) is 0 Å². The molecular formula is C17H20FN3O2S. The van der Waals surface area contributed by atoms with E-state index in [1.54, 1.807) is 18.3 Å². The Kier molecular flexibility index (Phi) is 6.05. The first kappa shape index (κ1) is 18.1. The number of halogens is 1. The summed E-state index contributed by atoms with van der Waals surface area (Å²) in [7, 11) is 3.83. The number of carbonyl (C=O) groups excluding carboxylic acids is 2. The molecular weight excluding hydrogens is 329 g/mol. The van der Waals surface area contributed by atoms with Crippen molar-refractivity contribution in [3.8, 4) is 0 Å². The number of hydrogen-bond acceptors (Lipinski definition) is 4. The van der Waals surface area contributed by atoms with Gasteiger partial charge in [-0.25, -0.2) is 4.39 Å². The van der Waals surface area contributed by atoms with Gasteiger partial charge in [-0.3, -0.25) is 9.59 Å². The predicted octanol–water partition coefficient (Wildman–Crippen LogP) is 2.55. The number of carbonyl (C=O) groups is 2. The number of benzene rings is 1. The third-order valence-electron chi connectivity index (χ3n) is 3.63. The van der Waals surface area contributed by atoms with E-state index in [2.05, 4.69) is 10.6 Å². The van der Waals surface area contributed by atoms with Crippen molar-refractivity contribution < 1.29 is 14.0 Å². The van der Waals surface area contributed by atoms with Gasteiger partial charge in [0.15, 0.2) is 0 Å². The zero-order valence-corrected chi connectivity index (χ0v) is 14.6. The summed E-state index contributed by atoms with van der Waals surface area (Å²) in [6.07, 6.45) is 0. The van der Waals surface area contributed by atoms with Crippen LogP contribution in [0.4, 0.5) is 10.1 Å². The highest BCUT2D eigenvalue weighted by molar-refractivity contribution is 7.07. The van der Waals surface area contributed by atoms with Gasteiger partial charge in [-0.1, -0.05) is 0 Å². The summed E-state index contributed by atoms with van der Waals surface area (Å²) in [4.78, 5) is 25.9. The van der Waals surface area contributed by atoms with Crippen LogP contribution >= 0.6 is 11.3 Å². The standard InChI is InChI=1S/C17H20FN3O2S/c1-11-8-13(4-5-14(11)18)20-17(23)16(22)19-9-15(21(2)3)12-6-7-24-10-12/h4-8,10,15H,9H2,1-3H3,(H,19,22)(H,20,23). The first-order valence-electron chi connectivity index (χ1n) is 7.42. The van der Waals surface area contributed by atoms with E-state index in [9.17, 15) is 14.0 Å². The number of nitrogens with zero attached hydrogens (tertiary/aromatic N) is 1. The maximum atomic E-state index is 13.2. The fourth-order valence-electron chi connectivity index (χ4n) is 2.24. The third-order valence-corrected chi connectivity index (χ3v) is 4.33. The Hall–Kier alpha value is -2.25. The molecule has 1 heterocycles. The lowest BCUT2D eigenvalue weighted by atomic mass is 10.1. The molecule has 128 valence electrons.